The predicted molar refractivity (Wildman–Crippen MR) is 276 cm³/mol. The fourth-order valence-electron chi connectivity index (χ4n) is 10.9. The van der Waals surface area contributed by atoms with E-state index in [0.717, 1.165) is 84.5 Å². The smallest absolute Gasteiger partial charge is 0.256 e. The van der Waals surface area contributed by atoms with Crippen molar-refractivity contribution < 1.29 is 0 Å². The molecule has 5 heterocycles. The van der Waals surface area contributed by atoms with E-state index in [0.29, 0.717) is 0 Å². The maximum Gasteiger partial charge on any atom is 0.256 e. The van der Waals surface area contributed by atoms with Crippen LogP contribution in [0.4, 0.5) is 34.4 Å². The van der Waals surface area contributed by atoms with Crippen LogP contribution in [0.5, 0.6) is 0 Å². The van der Waals surface area contributed by atoms with E-state index in [1.54, 1.807) is 0 Å². The monoisotopic (exact) mass is 839 g/mol. The number of nitrogens with zero attached hydrogens (tertiary/aromatic N) is 5. The second kappa shape index (κ2) is 14.4. The van der Waals surface area contributed by atoms with Crippen LogP contribution < -0.4 is 26.2 Å². The third-order valence-corrected chi connectivity index (χ3v) is 13.7. The molecule has 2 aliphatic heterocycles. The van der Waals surface area contributed by atoms with Crippen molar-refractivity contribution in [3.63, 3.8) is 0 Å². The van der Waals surface area contributed by atoms with Crippen LogP contribution in [0.3, 0.4) is 0 Å². The normalized spacial score (nSPS) is 12.8. The zero-order chi connectivity index (χ0) is 43.3. The van der Waals surface area contributed by atoms with Gasteiger partial charge in [-0.25, -0.2) is 9.97 Å². The lowest BCUT2D eigenvalue weighted by Gasteiger charge is -2.43. The average molecular weight is 840 g/mol. The lowest BCUT2D eigenvalue weighted by atomic mass is 9.34. The fourth-order valence-corrected chi connectivity index (χ4v) is 10.9. The minimum absolute atomic E-state index is 0.185. The van der Waals surface area contributed by atoms with Crippen molar-refractivity contribution >= 4 is 101 Å². The molecular weight excluding hydrogens is 802 g/mol. The van der Waals surface area contributed by atoms with Crippen molar-refractivity contribution in [2.24, 2.45) is 0 Å². The van der Waals surface area contributed by atoms with Gasteiger partial charge >= 0.3 is 0 Å². The minimum Gasteiger partial charge on any atom is -0.309 e. The Morgan fingerprint density at radius 2 is 0.955 bits per heavy atom. The maximum atomic E-state index is 5.79. The first-order valence-electron chi connectivity index (χ1n) is 22.6. The molecule has 0 bridgehead atoms. The SMILES string of the molecule is c1ccc(N2c3cc4c(c5c3B(c3ccc(-c6cccc7ccccc67)nc32)c2ccc(-c3ccc6ccccc6c3)nc2N5c2ccccc2)c2ccccc2n4-c2ccccc2)cc1. The second-order valence-electron chi connectivity index (χ2n) is 17.3. The van der Waals surface area contributed by atoms with E-state index in [1.165, 1.54) is 37.8 Å². The predicted octanol–water partition coefficient (Wildman–Crippen LogP) is 13.3. The van der Waals surface area contributed by atoms with Gasteiger partial charge in [-0.05, 0) is 105 Å². The number of benzene rings is 9. The Morgan fingerprint density at radius 3 is 1.71 bits per heavy atom. The highest BCUT2D eigenvalue weighted by molar-refractivity contribution is 7.00. The molecule has 0 unspecified atom stereocenters. The Kier molecular flexibility index (Phi) is 8.01. The van der Waals surface area contributed by atoms with Crippen molar-refractivity contribution in [2.45, 2.75) is 0 Å². The molecule has 0 radical (unpaired) electrons. The molecule has 6 heteroatoms. The highest BCUT2D eigenvalue weighted by Crippen LogP contribution is 2.50. The van der Waals surface area contributed by atoms with Gasteiger partial charge in [0.25, 0.3) is 6.71 Å². The zero-order valence-corrected chi connectivity index (χ0v) is 35.8. The molecule has 12 aromatic rings. The Hall–Kier alpha value is -8.74. The summed E-state index contributed by atoms with van der Waals surface area (Å²) >= 11 is 0. The Labute approximate surface area is 382 Å². The van der Waals surface area contributed by atoms with Gasteiger partial charge in [0.15, 0.2) is 0 Å². The number of aromatic nitrogens is 3. The lowest BCUT2D eigenvalue weighted by Crippen LogP contribution is -2.62. The molecule has 0 saturated carbocycles. The summed E-state index contributed by atoms with van der Waals surface area (Å²) in [6.07, 6.45) is 0. The van der Waals surface area contributed by atoms with Gasteiger partial charge in [0, 0.05) is 44.6 Å². The summed E-state index contributed by atoms with van der Waals surface area (Å²) in [4.78, 5) is 16.4. The standard InChI is InChI=1S/C60H38BN5/c1-4-21-43(22-5-1)64-53-30-15-14-28-48(53)56-54(64)38-55-57-58(56)66(45-25-8-3-9-26-45)60-50(33-35-51(62-60)42-32-31-39-17-10-11-19-41(39)37-42)61(57)49-34-36-52(47-29-16-20-40-18-12-13-27-46(40)47)63-59(49)65(55)44-23-6-2-7-24-44/h1-38H. The van der Waals surface area contributed by atoms with Crippen molar-refractivity contribution in [1.29, 1.82) is 0 Å². The molecule has 0 atom stereocenters. The van der Waals surface area contributed by atoms with Gasteiger partial charge in [-0.2, -0.15) is 0 Å². The topological polar surface area (TPSA) is 37.2 Å². The Morgan fingerprint density at radius 1 is 0.379 bits per heavy atom. The molecule has 0 amide bonds. The Bertz CT molecular complexity index is 3900. The number of pyridine rings is 2. The molecule has 2 aliphatic rings. The number of fused-ring (bicyclic) bond motifs is 10. The molecule has 0 spiro atoms. The molecule has 66 heavy (non-hydrogen) atoms. The maximum absolute atomic E-state index is 5.79. The van der Waals surface area contributed by atoms with E-state index < -0.39 is 0 Å². The first kappa shape index (κ1) is 36.7. The van der Waals surface area contributed by atoms with Crippen LogP contribution in [-0.2, 0) is 0 Å². The largest absolute Gasteiger partial charge is 0.309 e. The van der Waals surface area contributed by atoms with Gasteiger partial charge in [-0.1, -0.05) is 164 Å². The third-order valence-electron chi connectivity index (χ3n) is 13.7. The highest BCUT2D eigenvalue weighted by atomic mass is 15.2. The quantitative estimate of drug-likeness (QED) is 0.162. The van der Waals surface area contributed by atoms with Crippen LogP contribution in [0.15, 0.2) is 231 Å². The van der Waals surface area contributed by atoms with Crippen molar-refractivity contribution in [2.75, 3.05) is 9.80 Å². The summed E-state index contributed by atoms with van der Waals surface area (Å²) in [6, 6.07) is 83.1. The summed E-state index contributed by atoms with van der Waals surface area (Å²) in [5.41, 5.74) is 15.2. The number of hydrogen-bond acceptors (Lipinski definition) is 4. The molecule has 14 rings (SSSR count). The average Bonchev–Trinajstić information content (AvgIpc) is 3.72. The van der Waals surface area contributed by atoms with E-state index in [4.69, 9.17) is 9.97 Å². The van der Waals surface area contributed by atoms with Crippen LogP contribution in [0.2, 0.25) is 0 Å². The van der Waals surface area contributed by atoms with Gasteiger partial charge in [-0.3, -0.25) is 9.80 Å². The molecule has 5 nitrogen and oxygen atoms in total. The van der Waals surface area contributed by atoms with Crippen LogP contribution >= 0.6 is 0 Å². The van der Waals surface area contributed by atoms with E-state index >= 15 is 0 Å². The van der Waals surface area contributed by atoms with Crippen LogP contribution in [-0.4, -0.2) is 21.2 Å². The highest BCUT2D eigenvalue weighted by Gasteiger charge is 2.46. The summed E-state index contributed by atoms with van der Waals surface area (Å²) in [7, 11) is 0. The molecule has 0 aliphatic carbocycles. The summed E-state index contributed by atoms with van der Waals surface area (Å²) < 4.78 is 2.44. The molecule has 0 N–H and O–H groups in total. The van der Waals surface area contributed by atoms with Crippen LogP contribution in [0.1, 0.15) is 0 Å². The molecule has 306 valence electrons. The van der Waals surface area contributed by atoms with Gasteiger partial charge in [0.1, 0.15) is 11.6 Å². The number of hydrogen-bond donors (Lipinski definition) is 0. The van der Waals surface area contributed by atoms with E-state index in [2.05, 4.69) is 245 Å². The number of anilines is 6. The lowest BCUT2D eigenvalue weighted by molar-refractivity contribution is 1.16. The van der Waals surface area contributed by atoms with Crippen molar-refractivity contribution in [3.8, 4) is 28.2 Å². The fraction of sp³-hybridized carbons (Fsp3) is 0. The van der Waals surface area contributed by atoms with E-state index in [1.807, 2.05) is 0 Å². The van der Waals surface area contributed by atoms with Gasteiger partial charge in [0.05, 0.1) is 28.1 Å². The van der Waals surface area contributed by atoms with Crippen LogP contribution in [0, 0.1) is 0 Å². The summed E-state index contributed by atoms with van der Waals surface area (Å²) in [5, 5.41) is 7.14. The third kappa shape index (κ3) is 5.42. The summed E-state index contributed by atoms with van der Waals surface area (Å²) in [5.74, 6) is 1.83. The Balaban J connectivity index is 1.14. The van der Waals surface area contributed by atoms with Gasteiger partial charge in [0.2, 0.25) is 0 Å². The molecule has 3 aromatic heterocycles. The molecule has 0 fully saturated rings. The number of rotatable bonds is 5. The van der Waals surface area contributed by atoms with Crippen molar-refractivity contribution in [3.05, 3.63) is 231 Å². The molecule has 9 aromatic carbocycles. The van der Waals surface area contributed by atoms with Gasteiger partial charge < -0.3 is 4.57 Å². The molecular formula is C60H38BN5. The zero-order valence-electron chi connectivity index (χ0n) is 35.8. The van der Waals surface area contributed by atoms with Crippen LogP contribution in [0.25, 0.3) is 71.6 Å². The van der Waals surface area contributed by atoms with Crippen molar-refractivity contribution in [1.82, 2.24) is 14.5 Å². The molecule has 0 saturated heterocycles. The summed E-state index contributed by atoms with van der Waals surface area (Å²) in [6.45, 7) is -0.185. The second-order valence-corrected chi connectivity index (χ2v) is 17.3. The minimum atomic E-state index is -0.185. The van der Waals surface area contributed by atoms with E-state index in [-0.39, 0.29) is 6.71 Å². The first-order valence-corrected chi connectivity index (χ1v) is 22.6. The van der Waals surface area contributed by atoms with E-state index in [9.17, 15) is 0 Å². The number of para-hydroxylation sites is 4. The van der Waals surface area contributed by atoms with Gasteiger partial charge in [-0.15, -0.1) is 0 Å². The first-order chi connectivity index (χ1) is 32.8.